The molecule has 9 N–H and O–H groups in total. The van der Waals surface area contributed by atoms with Crippen LogP contribution in [0.2, 0.25) is 27.3 Å². The molecule has 0 aliphatic rings. The quantitative estimate of drug-likeness (QED) is 0.0456. The first kappa shape index (κ1) is 36.3. The Morgan fingerprint density at radius 3 is 1.27 bits per heavy atom. The number of hydrogen-bond donors (Lipinski definition) is 9. The van der Waals surface area contributed by atoms with Gasteiger partial charge in [-0.25, -0.2) is 0 Å². The molecule has 0 aliphatic heterocycles. The zero-order valence-electron chi connectivity index (χ0n) is 23.5. The summed E-state index contributed by atoms with van der Waals surface area (Å²) in [6, 6.07) is -0.603. The summed E-state index contributed by atoms with van der Waals surface area (Å²) in [7, 11) is -2.29. The zero-order valence-corrected chi connectivity index (χ0v) is 23.5. The monoisotopic (exact) mass is 528 g/mol. The second-order valence-electron chi connectivity index (χ2n) is 9.81. The average Bonchev–Trinajstić information content (AvgIpc) is 2.80. The second kappa shape index (κ2) is 23.2. The van der Waals surface area contributed by atoms with E-state index < -0.39 is 40.2 Å². The predicted molar refractivity (Wildman–Crippen MR) is 154 cm³/mol. The van der Waals surface area contributed by atoms with Crippen LogP contribution in [0.4, 0.5) is 0 Å². The van der Waals surface area contributed by atoms with Crippen LogP contribution in [0.15, 0.2) is 0 Å². The Morgan fingerprint density at radius 1 is 0.622 bits per heavy atom. The van der Waals surface area contributed by atoms with Gasteiger partial charge in [0.25, 0.3) is 0 Å². The molecule has 214 valence electrons. The molecule has 0 amide bonds. The highest BCUT2D eigenvalue weighted by Crippen LogP contribution is 2.11. The summed E-state index contributed by atoms with van der Waals surface area (Å²) < 4.78 is 0. The first-order chi connectivity index (χ1) is 17.5. The van der Waals surface area contributed by atoms with Gasteiger partial charge >= 0.3 is 34.2 Å². The largest absolute Gasteiger partial charge is 0.480 e. The summed E-state index contributed by atoms with van der Waals surface area (Å²) in [4.78, 5) is 16.5. The fourth-order valence-electron chi connectivity index (χ4n) is 4.14. The van der Waals surface area contributed by atoms with Gasteiger partial charge in [-0.3, -0.25) is 9.69 Å². The van der Waals surface area contributed by atoms with Crippen molar-refractivity contribution in [3.05, 3.63) is 0 Å². The van der Waals surface area contributed by atoms with E-state index in [0.29, 0.717) is 45.7 Å². The van der Waals surface area contributed by atoms with Crippen molar-refractivity contribution >= 4 is 34.2 Å². The molecule has 16 heteroatoms. The molecule has 1 atom stereocenters. The summed E-state index contributed by atoms with van der Waals surface area (Å²) in [5.41, 5.74) is 0. The Kier molecular flexibility index (Phi) is 22.8. The van der Waals surface area contributed by atoms with Gasteiger partial charge in [0.15, 0.2) is 0 Å². The summed E-state index contributed by atoms with van der Waals surface area (Å²) in [6.07, 6.45) is 4.44. The molecule has 0 aromatic rings. The lowest BCUT2D eigenvalue weighted by atomic mass is 9.89. The fraction of sp³-hybridized carbons (Fsp3) is 0.952. The molecule has 0 aliphatic carbocycles. The summed E-state index contributed by atoms with van der Waals surface area (Å²) in [6.45, 7) is 13.0. The Morgan fingerprint density at radius 2 is 0.946 bits per heavy atom. The molecule has 0 heterocycles. The minimum Gasteiger partial charge on any atom is -0.480 e. The average molecular weight is 528 g/mol. The van der Waals surface area contributed by atoms with Crippen LogP contribution in [0, 0.1) is 0 Å². The minimum atomic E-state index is -0.833. The van der Waals surface area contributed by atoms with Crippen LogP contribution in [0.5, 0.6) is 0 Å². The lowest BCUT2D eigenvalue weighted by Gasteiger charge is -2.30. The summed E-state index contributed by atoms with van der Waals surface area (Å²) in [5.74, 6) is -0.833. The maximum absolute atomic E-state index is 12.2. The Hall–Kier alpha value is -0.670. The van der Waals surface area contributed by atoms with Crippen LogP contribution in [-0.2, 0) is 4.79 Å². The van der Waals surface area contributed by atoms with E-state index in [1.807, 2.05) is 4.90 Å². The molecule has 0 bridgehead atoms. The third-order valence-electron chi connectivity index (χ3n) is 5.98. The van der Waals surface area contributed by atoms with Crippen molar-refractivity contribution in [1.82, 2.24) is 30.7 Å². The smallest absolute Gasteiger partial charge is 0.373 e. The van der Waals surface area contributed by atoms with Gasteiger partial charge in [-0.05, 0) is 112 Å². The fourth-order valence-corrected chi connectivity index (χ4v) is 4.14. The van der Waals surface area contributed by atoms with Crippen molar-refractivity contribution < 1.29 is 30.0 Å². The second-order valence-corrected chi connectivity index (χ2v) is 9.81. The molecule has 0 aromatic carbocycles. The molecule has 0 saturated carbocycles. The Balaban J connectivity index is 4.93. The topological polar surface area (TPSA) is 173 Å². The molecule has 0 saturated heterocycles. The maximum atomic E-state index is 12.2. The SMILES string of the molecule is CB(O)NCCCN(CCCNB(C)O)CCCC(C(=O)O)N(CCCNB(C)O)CCCNB(C)O. The highest BCUT2D eigenvalue weighted by Gasteiger charge is 2.25. The van der Waals surface area contributed by atoms with E-state index in [1.54, 1.807) is 27.3 Å². The predicted octanol–water partition coefficient (Wildman–Crippen LogP) is -1.82. The first-order valence-corrected chi connectivity index (χ1v) is 13.9. The van der Waals surface area contributed by atoms with Gasteiger partial charge in [0.2, 0.25) is 0 Å². The van der Waals surface area contributed by atoms with Gasteiger partial charge in [0, 0.05) is 13.1 Å². The van der Waals surface area contributed by atoms with E-state index in [1.165, 1.54) is 0 Å². The van der Waals surface area contributed by atoms with E-state index >= 15 is 0 Å². The molecule has 0 aromatic heterocycles. The highest BCUT2D eigenvalue weighted by atomic mass is 16.4. The summed E-state index contributed by atoms with van der Waals surface area (Å²) in [5, 5.41) is 59.6. The molecular formula is C21H52B4N6O6. The van der Waals surface area contributed by atoms with Crippen molar-refractivity contribution in [2.75, 3.05) is 58.9 Å². The molecule has 0 radical (unpaired) electrons. The van der Waals surface area contributed by atoms with E-state index in [2.05, 4.69) is 25.8 Å². The third-order valence-corrected chi connectivity index (χ3v) is 5.98. The Labute approximate surface area is 225 Å². The molecular weight excluding hydrogens is 476 g/mol. The standard InChI is InChI=1S/C21H52B4N6O6/c1-22(34)26-11-6-16-30(17-7-12-27-23(2)35)15-5-10-20(21(32)33)31(18-8-13-28-24(3)36)19-9-14-29-25(4)37/h20,26-29,34-37H,5-19H2,1-4H3,(H,32,33). The van der Waals surface area contributed by atoms with Gasteiger partial charge < -0.3 is 51.0 Å². The third kappa shape index (κ3) is 23.0. The molecule has 37 heavy (non-hydrogen) atoms. The van der Waals surface area contributed by atoms with Gasteiger partial charge in [0.05, 0.1) is 0 Å². The highest BCUT2D eigenvalue weighted by molar-refractivity contribution is 6.46. The molecule has 0 fully saturated rings. The van der Waals surface area contributed by atoms with Crippen LogP contribution < -0.4 is 20.9 Å². The van der Waals surface area contributed by atoms with Crippen molar-refractivity contribution in [1.29, 1.82) is 0 Å². The number of nitrogens with one attached hydrogen (secondary N) is 4. The maximum Gasteiger partial charge on any atom is 0.373 e. The van der Waals surface area contributed by atoms with Crippen molar-refractivity contribution in [2.45, 2.75) is 71.9 Å². The summed E-state index contributed by atoms with van der Waals surface area (Å²) >= 11 is 0. The van der Waals surface area contributed by atoms with Crippen molar-refractivity contribution in [3.63, 3.8) is 0 Å². The number of carboxylic acids is 1. The molecule has 1 unspecified atom stereocenters. The number of carbonyl (C=O) groups is 1. The minimum absolute atomic E-state index is 0.525. The number of nitrogens with zero attached hydrogens (tertiary/aromatic N) is 2. The van der Waals surface area contributed by atoms with E-state index in [9.17, 15) is 30.0 Å². The van der Waals surface area contributed by atoms with Gasteiger partial charge in [-0.15, -0.1) is 0 Å². The number of aliphatic carboxylic acids is 1. The van der Waals surface area contributed by atoms with Gasteiger partial charge in [0.1, 0.15) is 6.04 Å². The molecule has 0 spiro atoms. The van der Waals surface area contributed by atoms with Crippen LogP contribution in [0.3, 0.4) is 0 Å². The van der Waals surface area contributed by atoms with Crippen LogP contribution in [0.25, 0.3) is 0 Å². The van der Waals surface area contributed by atoms with Gasteiger partial charge in [-0.1, -0.05) is 0 Å². The molecule has 0 rings (SSSR count). The lowest BCUT2D eigenvalue weighted by Crippen LogP contribution is -2.45. The van der Waals surface area contributed by atoms with Gasteiger partial charge in [-0.2, -0.15) is 0 Å². The number of carboxylic acid groups (broad SMARTS) is 1. The number of hydrogen-bond acceptors (Lipinski definition) is 11. The number of rotatable bonds is 26. The van der Waals surface area contributed by atoms with E-state index in [-0.39, 0.29) is 0 Å². The van der Waals surface area contributed by atoms with Crippen molar-refractivity contribution in [3.8, 4) is 0 Å². The molecule has 12 nitrogen and oxygen atoms in total. The van der Waals surface area contributed by atoms with E-state index in [0.717, 1.165) is 51.7 Å². The zero-order chi connectivity index (χ0) is 28.1. The van der Waals surface area contributed by atoms with Crippen LogP contribution in [0.1, 0.15) is 38.5 Å². The lowest BCUT2D eigenvalue weighted by molar-refractivity contribution is -0.143. The van der Waals surface area contributed by atoms with Crippen LogP contribution in [-0.4, -0.2) is 134 Å². The van der Waals surface area contributed by atoms with Crippen LogP contribution >= 0.6 is 0 Å². The van der Waals surface area contributed by atoms with Crippen molar-refractivity contribution in [2.24, 2.45) is 0 Å². The first-order valence-electron chi connectivity index (χ1n) is 13.9. The Bertz CT molecular complexity index is 526. The normalized spacial score (nSPS) is 12.3. The van der Waals surface area contributed by atoms with E-state index in [4.69, 9.17) is 0 Å².